The number of carbonyl (C=O) groups is 1. The Morgan fingerprint density at radius 1 is 1.00 bits per heavy atom. The van der Waals surface area contributed by atoms with E-state index in [1.807, 2.05) is 49.4 Å². The first-order valence-electron chi connectivity index (χ1n) is 9.93. The zero-order valence-corrected chi connectivity index (χ0v) is 17.1. The molecule has 28 heavy (non-hydrogen) atoms. The van der Waals surface area contributed by atoms with E-state index in [9.17, 15) is 4.79 Å². The van der Waals surface area contributed by atoms with Gasteiger partial charge in [0.2, 0.25) is 0 Å². The molecule has 5 heteroatoms. The SMILES string of the molecule is CCOC(c1ccccc1)C(C)NCCNCCC(=O)c1ccc(OC)cc1. The molecule has 152 valence electrons. The van der Waals surface area contributed by atoms with Gasteiger partial charge < -0.3 is 20.1 Å². The van der Waals surface area contributed by atoms with Gasteiger partial charge in [-0.25, -0.2) is 0 Å². The molecule has 0 aliphatic rings. The number of hydrogen-bond acceptors (Lipinski definition) is 5. The first-order valence-corrected chi connectivity index (χ1v) is 9.93. The fourth-order valence-electron chi connectivity index (χ4n) is 3.09. The minimum Gasteiger partial charge on any atom is -0.497 e. The van der Waals surface area contributed by atoms with Crippen molar-refractivity contribution in [1.82, 2.24) is 10.6 Å². The summed E-state index contributed by atoms with van der Waals surface area (Å²) in [6.45, 7) is 7.11. The summed E-state index contributed by atoms with van der Waals surface area (Å²) < 4.78 is 11.0. The number of nitrogens with one attached hydrogen (secondary N) is 2. The van der Waals surface area contributed by atoms with Gasteiger partial charge in [0.1, 0.15) is 5.75 Å². The topological polar surface area (TPSA) is 59.6 Å². The second-order valence-electron chi connectivity index (χ2n) is 6.68. The molecule has 0 aliphatic carbocycles. The standard InChI is InChI=1S/C23H32N2O3/c1-4-28-23(20-8-6-5-7-9-20)18(2)25-17-16-24-15-14-22(26)19-10-12-21(27-3)13-11-19/h5-13,18,23-25H,4,14-17H2,1-3H3. The molecular formula is C23H32N2O3. The van der Waals surface area contributed by atoms with Crippen molar-refractivity contribution in [3.05, 3.63) is 65.7 Å². The maximum absolute atomic E-state index is 12.2. The zero-order valence-electron chi connectivity index (χ0n) is 17.1. The molecule has 2 unspecified atom stereocenters. The van der Waals surface area contributed by atoms with E-state index in [1.165, 1.54) is 5.56 Å². The van der Waals surface area contributed by atoms with Crippen LogP contribution in [0.2, 0.25) is 0 Å². The van der Waals surface area contributed by atoms with Crippen LogP contribution >= 0.6 is 0 Å². The largest absolute Gasteiger partial charge is 0.497 e. The normalized spacial score (nSPS) is 13.1. The number of ketones is 1. The predicted octanol–water partition coefficient (Wildman–Crippen LogP) is 3.61. The summed E-state index contributed by atoms with van der Waals surface area (Å²) in [5.74, 6) is 0.896. The molecule has 0 amide bonds. The lowest BCUT2D eigenvalue weighted by atomic mass is 10.0. The van der Waals surface area contributed by atoms with Gasteiger partial charge in [-0.05, 0) is 43.7 Å². The highest BCUT2D eigenvalue weighted by atomic mass is 16.5. The van der Waals surface area contributed by atoms with Crippen molar-refractivity contribution in [2.24, 2.45) is 0 Å². The van der Waals surface area contributed by atoms with Crippen LogP contribution in [-0.2, 0) is 4.74 Å². The molecular weight excluding hydrogens is 352 g/mol. The summed E-state index contributed by atoms with van der Waals surface area (Å²) in [4.78, 5) is 12.2. The van der Waals surface area contributed by atoms with Gasteiger partial charge in [0, 0.05) is 44.3 Å². The lowest BCUT2D eigenvalue weighted by molar-refractivity contribution is 0.0381. The van der Waals surface area contributed by atoms with Crippen molar-refractivity contribution < 1.29 is 14.3 Å². The first kappa shape index (κ1) is 22.1. The Balaban J connectivity index is 1.66. The number of methoxy groups -OCH3 is 1. The molecule has 0 radical (unpaired) electrons. The monoisotopic (exact) mass is 384 g/mol. The Hall–Kier alpha value is -2.21. The summed E-state index contributed by atoms with van der Waals surface area (Å²) in [5.41, 5.74) is 1.90. The van der Waals surface area contributed by atoms with Crippen LogP contribution in [0.25, 0.3) is 0 Å². The molecule has 0 aliphatic heterocycles. The molecule has 0 heterocycles. The number of ether oxygens (including phenoxy) is 2. The summed E-state index contributed by atoms with van der Waals surface area (Å²) in [6, 6.07) is 17.7. The average Bonchev–Trinajstić information content (AvgIpc) is 2.74. The minimum atomic E-state index is 0.0304. The lowest BCUT2D eigenvalue weighted by Crippen LogP contribution is -2.38. The Morgan fingerprint density at radius 3 is 2.36 bits per heavy atom. The van der Waals surface area contributed by atoms with E-state index in [0.717, 1.165) is 24.4 Å². The van der Waals surface area contributed by atoms with Crippen molar-refractivity contribution >= 4 is 5.78 Å². The van der Waals surface area contributed by atoms with Crippen LogP contribution in [-0.4, -0.2) is 45.2 Å². The second-order valence-corrected chi connectivity index (χ2v) is 6.68. The molecule has 2 aromatic carbocycles. The highest BCUT2D eigenvalue weighted by Crippen LogP contribution is 2.20. The van der Waals surface area contributed by atoms with Crippen LogP contribution in [0, 0.1) is 0 Å². The van der Waals surface area contributed by atoms with Crippen LogP contribution in [0.1, 0.15) is 42.3 Å². The fourth-order valence-corrected chi connectivity index (χ4v) is 3.09. The molecule has 2 aromatic rings. The quantitative estimate of drug-likeness (QED) is 0.408. The van der Waals surface area contributed by atoms with Crippen molar-refractivity contribution in [1.29, 1.82) is 0 Å². The molecule has 0 bridgehead atoms. The fraction of sp³-hybridized carbons (Fsp3) is 0.435. The number of benzene rings is 2. The molecule has 0 saturated heterocycles. The van der Waals surface area contributed by atoms with Gasteiger partial charge in [-0.3, -0.25) is 4.79 Å². The first-order chi connectivity index (χ1) is 13.7. The number of Topliss-reactive ketones (excluding diaryl/α,β-unsaturated/α-hetero) is 1. The van der Waals surface area contributed by atoms with Crippen LogP contribution in [0.3, 0.4) is 0 Å². The molecule has 2 atom stereocenters. The van der Waals surface area contributed by atoms with Gasteiger partial charge in [-0.15, -0.1) is 0 Å². The molecule has 5 nitrogen and oxygen atoms in total. The van der Waals surface area contributed by atoms with Gasteiger partial charge in [0.25, 0.3) is 0 Å². The maximum Gasteiger partial charge on any atom is 0.164 e. The Kier molecular flexibility index (Phi) is 9.69. The van der Waals surface area contributed by atoms with Crippen molar-refractivity contribution in [2.45, 2.75) is 32.4 Å². The minimum absolute atomic E-state index is 0.0304. The van der Waals surface area contributed by atoms with E-state index < -0.39 is 0 Å². The summed E-state index contributed by atoms with van der Waals surface area (Å²) in [6.07, 6.45) is 0.510. The average molecular weight is 385 g/mol. The Morgan fingerprint density at radius 2 is 1.71 bits per heavy atom. The third-order valence-electron chi connectivity index (χ3n) is 4.64. The second kappa shape index (κ2) is 12.3. The van der Waals surface area contributed by atoms with E-state index in [4.69, 9.17) is 9.47 Å². The van der Waals surface area contributed by atoms with Gasteiger partial charge in [-0.1, -0.05) is 30.3 Å². The molecule has 0 spiro atoms. The number of rotatable bonds is 13. The number of hydrogen-bond donors (Lipinski definition) is 2. The summed E-state index contributed by atoms with van der Waals surface area (Å²) in [7, 11) is 1.62. The molecule has 2 rings (SSSR count). The van der Waals surface area contributed by atoms with Crippen molar-refractivity contribution in [3.63, 3.8) is 0 Å². The Bertz CT molecular complexity index is 689. The third-order valence-corrected chi connectivity index (χ3v) is 4.64. The predicted molar refractivity (Wildman–Crippen MR) is 113 cm³/mol. The van der Waals surface area contributed by atoms with Gasteiger partial charge in [0.15, 0.2) is 5.78 Å². The maximum atomic E-state index is 12.2. The lowest BCUT2D eigenvalue weighted by Gasteiger charge is -2.25. The van der Waals surface area contributed by atoms with E-state index in [1.54, 1.807) is 7.11 Å². The third kappa shape index (κ3) is 7.08. The molecule has 2 N–H and O–H groups in total. The molecule has 0 saturated carbocycles. The highest BCUT2D eigenvalue weighted by Gasteiger charge is 2.18. The molecule has 0 aromatic heterocycles. The smallest absolute Gasteiger partial charge is 0.164 e. The van der Waals surface area contributed by atoms with Gasteiger partial charge >= 0.3 is 0 Å². The van der Waals surface area contributed by atoms with Crippen LogP contribution in [0.15, 0.2) is 54.6 Å². The van der Waals surface area contributed by atoms with Crippen molar-refractivity contribution in [2.75, 3.05) is 33.4 Å². The summed E-state index contributed by atoms with van der Waals surface area (Å²) in [5, 5.41) is 6.84. The van der Waals surface area contributed by atoms with Crippen LogP contribution in [0.4, 0.5) is 0 Å². The van der Waals surface area contributed by atoms with Crippen LogP contribution in [0.5, 0.6) is 5.75 Å². The number of carbonyl (C=O) groups excluding carboxylic acids is 1. The zero-order chi connectivity index (χ0) is 20.2. The van der Waals surface area contributed by atoms with Gasteiger partial charge in [-0.2, -0.15) is 0 Å². The van der Waals surface area contributed by atoms with Crippen molar-refractivity contribution in [3.8, 4) is 5.75 Å². The van der Waals surface area contributed by atoms with E-state index in [-0.39, 0.29) is 17.9 Å². The van der Waals surface area contributed by atoms with E-state index in [2.05, 4.69) is 29.7 Å². The Labute approximate surface area is 168 Å². The van der Waals surface area contributed by atoms with Crippen LogP contribution < -0.4 is 15.4 Å². The van der Waals surface area contributed by atoms with E-state index in [0.29, 0.717) is 19.6 Å². The van der Waals surface area contributed by atoms with E-state index >= 15 is 0 Å². The highest BCUT2D eigenvalue weighted by molar-refractivity contribution is 5.96. The summed E-state index contributed by atoms with van der Waals surface area (Å²) >= 11 is 0. The molecule has 0 fully saturated rings. The van der Waals surface area contributed by atoms with Gasteiger partial charge in [0.05, 0.1) is 13.2 Å².